The number of hydrogen-bond donors (Lipinski definition) is 1. The van der Waals surface area contributed by atoms with Crippen molar-refractivity contribution >= 4 is 0 Å². The van der Waals surface area contributed by atoms with Gasteiger partial charge in [0.05, 0.1) is 18.8 Å². The second-order valence-electron chi connectivity index (χ2n) is 3.27. The van der Waals surface area contributed by atoms with E-state index < -0.39 is 0 Å². The van der Waals surface area contributed by atoms with Gasteiger partial charge in [0.15, 0.2) is 0 Å². The van der Waals surface area contributed by atoms with Crippen molar-refractivity contribution in [1.82, 2.24) is 10.2 Å². The first kappa shape index (κ1) is 10.7. The molecule has 76 valence electrons. The van der Waals surface area contributed by atoms with Crippen LogP contribution in [-0.4, -0.2) is 17.3 Å². The number of nitrogens with zero attached hydrogens (tertiary/aromatic N) is 2. The molecule has 0 fully saturated rings. The molecule has 1 aromatic heterocycles. The number of rotatable bonds is 4. The van der Waals surface area contributed by atoms with Crippen molar-refractivity contribution in [1.29, 1.82) is 0 Å². The van der Waals surface area contributed by atoms with Gasteiger partial charge in [-0.1, -0.05) is 5.57 Å². The highest BCUT2D eigenvalue weighted by atomic mass is 16.5. The van der Waals surface area contributed by atoms with E-state index in [0.717, 1.165) is 17.7 Å². The molecule has 1 heterocycles. The minimum atomic E-state index is -0.133. The van der Waals surface area contributed by atoms with Gasteiger partial charge in [-0.25, -0.2) is 0 Å². The van der Waals surface area contributed by atoms with Crippen LogP contribution >= 0.6 is 0 Å². The third-order valence-electron chi connectivity index (χ3n) is 1.82. The predicted octanol–water partition coefficient (Wildman–Crippen LogP) is 1.45. The summed E-state index contributed by atoms with van der Waals surface area (Å²) in [7, 11) is 1.55. The van der Waals surface area contributed by atoms with E-state index in [-0.39, 0.29) is 6.04 Å². The average molecular weight is 193 g/mol. The molecule has 2 N–H and O–H groups in total. The van der Waals surface area contributed by atoms with Crippen molar-refractivity contribution in [2.45, 2.75) is 19.4 Å². The summed E-state index contributed by atoms with van der Waals surface area (Å²) < 4.78 is 4.90. The fraction of sp³-hybridized carbons (Fsp3) is 0.400. The monoisotopic (exact) mass is 193 g/mol. The molecule has 0 radical (unpaired) electrons. The molecular weight excluding hydrogens is 178 g/mol. The lowest BCUT2D eigenvalue weighted by molar-refractivity contribution is 0.390. The summed E-state index contributed by atoms with van der Waals surface area (Å²) >= 11 is 0. The number of ether oxygens (including phenoxy) is 1. The third kappa shape index (κ3) is 2.81. The van der Waals surface area contributed by atoms with E-state index in [9.17, 15) is 0 Å². The lowest BCUT2D eigenvalue weighted by atomic mass is 10.1. The zero-order chi connectivity index (χ0) is 10.6. The van der Waals surface area contributed by atoms with Crippen molar-refractivity contribution in [3.8, 4) is 5.88 Å². The normalized spacial score (nSPS) is 12.2. The highest BCUT2D eigenvalue weighted by Gasteiger charge is 2.08. The van der Waals surface area contributed by atoms with E-state index in [1.807, 2.05) is 13.0 Å². The average Bonchev–Trinajstić information content (AvgIpc) is 2.17. The molecule has 1 rings (SSSR count). The van der Waals surface area contributed by atoms with Gasteiger partial charge in [-0.2, -0.15) is 5.10 Å². The van der Waals surface area contributed by atoms with Crippen molar-refractivity contribution < 1.29 is 4.74 Å². The molecule has 0 amide bonds. The van der Waals surface area contributed by atoms with Gasteiger partial charge in [0.2, 0.25) is 5.88 Å². The predicted molar refractivity (Wildman–Crippen MR) is 54.9 cm³/mol. The third-order valence-corrected chi connectivity index (χ3v) is 1.82. The van der Waals surface area contributed by atoms with E-state index >= 15 is 0 Å². The highest BCUT2D eigenvalue weighted by molar-refractivity contribution is 5.15. The quantitative estimate of drug-likeness (QED) is 0.735. The van der Waals surface area contributed by atoms with Gasteiger partial charge in [-0.05, 0) is 19.4 Å². The minimum Gasteiger partial charge on any atom is -0.480 e. The van der Waals surface area contributed by atoms with Crippen LogP contribution in [-0.2, 0) is 0 Å². The molecule has 14 heavy (non-hydrogen) atoms. The maximum Gasteiger partial charge on any atom is 0.233 e. The smallest absolute Gasteiger partial charge is 0.233 e. The zero-order valence-electron chi connectivity index (χ0n) is 8.53. The van der Waals surface area contributed by atoms with Crippen molar-refractivity contribution in [3.63, 3.8) is 0 Å². The summed E-state index contributed by atoms with van der Waals surface area (Å²) in [4.78, 5) is 0. The fourth-order valence-corrected chi connectivity index (χ4v) is 1.12. The molecule has 0 spiro atoms. The van der Waals surface area contributed by atoms with Gasteiger partial charge < -0.3 is 10.5 Å². The summed E-state index contributed by atoms with van der Waals surface area (Å²) in [5.41, 5.74) is 7.68. The van der Waals surface area contributed by atoms with E-state index in [4.69, 9.17) is 10.5 Å². The number of nitrogens with two attached hydrogens (primary N) is 1. The van der Waals surface area contributed by atoms with Gasteiger partial charge in [0, 0.05) is 6.07 Å². The summed E-state index contributed by atoms with van der Waals surface area (Å²) in [6, 6.07) is 3.44. The first-order chi connectivity index (χ1) is 6.63. The molecule has 0 aliphatic rings. The van der Waals surface area contributed by atoms with Gasteiger partial charge in [0.1, 0.15) is 0 Å². The Morgan fingerprint density at radius 3 is 2.71 bits per heavy atom. The maximum absolute atomic E-state index is 5.88. The molecule has 4 heteroatoms. The second kappa shape index (κ2) is 4.72. The van der Waals surface area contributed by atoms with Gasteiger partial charge in [-0.3, -0.25) is 0 Å². The van der Waals surface area contributed by atoms with Crippen LogP contribution in [0.15, 0.2) is 24.3 Å². The summed E-state index contributed by atoms with van der Waals surface area (Å²) in [5, 5.41) is 7.81. The van der Waals surface area contributed by atoms with Crippen molar-refractivity contribution in [2.24, 2.45) is 5.73 Å². The van der Waals surface area contributed by atoms with Crippen LogP contribution in [0.4, 0.5) is 0 Å². The van der Waals surface area contributed by atoms with E-state index in [1.54, 1.807) is 13.2 Å². The Morgan fingerprint density at radius 1 is 1.57 bits per heavy atom. The van der Waals surface area contributed by atoms with Gasteiger partial charge in [-0.15, -0.1) is 11.7 Å². The zero-order valence-corrected chi connectivity index (χ0v) is 8.53. The topological polar surface area (TPSA) is 61.0 Å². The van der Waals surface area contributed by atoms with Gasteiger partial charge >= 0.3 is 0 Å². The Labute approximate surface area is 83.8 Å². The van der Waals surface area contributed by atoms with Gasteiger partial charge in [0.25, 0.3) is 0 Å². The van der Waals surface area contributed by atoms with Crippen LogP contribution in [0.1, 0.15) is 25.1 Å². The number of methoxy groups -OCH3 is 1. The Hall–Kier alpha value is -1.42. The van der Waals surface area contributed by atoms with Crippen LogP contribution < -0.4 is 10.5 Å². The van der Waals surface area contributed by atoms with Crippen LogP contribution in [0.25, 0.3) is 0 Å². The van der Waals surface area contributed by atoms with E-state index in [2.05, 4.69) is 16.8 Å². The standard InChI is InChI=1S/C10H15N3O/c1-7(2)6-8(11)9-4-5-10(14-3)13-12-9/h4-5,8H,1,6,11H2,2-3H3. The Bertz CT molecular complexity index is 308. The Kier molecular flexibility index (Phi) is 3.59. The molecule has 0 aromatic carbocycles. The largest absolute Gasteiger partial charge is 0.480 e. The van der Waals surface area contributed by atoms with E-state index in [1.165, 1.54) is 0 Å². The van der Waals surface area contributed by atoms with Crippen LogP contribution in [0.3, 0.4) is 0 Å². The Morgan fingerprint density at radius 2 is 2.29 bits per heavy atom. The molecule has 4 nitrogen and oxygen atoms in total. The number of aromatic nitrogens is 2. The summed E-state index contributed by atoms with van der Waals surface area (Å²) in [5.74, 6) is 0.497. The summed E-state index contributed by atoms with van der Waals surface area (Å²) in [6.45, 7) is 5.74. The lowest BCUT2D eigenvalue weighted by Gasteiger charge is -2.09. The molecular formula is C10H15N3O. The molecule has 0 saturated heterocycles. The molecule has 0 bridgehead atoms. The highest BCUT2D eigenvalue weighted by Crippen LogP contribution is 2.15. The molecule has 0 aliphatic heterocycles. The Balaban J connectivity index is 2.71. The molecule has 0 aliphatic carbocycles. The van der Waals surface area contributed by atoms with E-state index in [0.29, 0.717) is 5.88 Å². The van der Waals surface area contributed by atoms with Crippen LogP contribution in [0.5, 0.6) is 5.88 Å². The SMILES string of the molecule is C=C(C)CC(N)c1ccc(OC)nn1. The summed E-state index contributed by atoms with van der Waals surface area (Å²) in [6.07, 6.45) is 0.723. The number of hydrogen-bond acceptors (Lipinski definition) is 4. The fourth-order valence-electron chi connectivity index (χ4n) is 1.12. The molecule has 0 saturated carbocycles. The van der Waals surface area contributed by atoms with Crippen molar-refractivity contribution in [2.75, 3.05) is 7.11 Å². The molecule has 1 aromatic rings. The first-order valence-corrected chi connectivity index (χ1v) is 4.41. The second-order valence-corrected chi connectivity index (χ2v) is 3.27. The lowest BCUT2D eigenvalue weighted by Crippen LogP contribution is -2.12. The molecule has 1 unspecified atom stereocenters. The molecule has 1 atom stereocenters. The van der Waals surface area contributed by atoms with Crippen LogP contribution in [0.2, 0.25) is 0 Å². The first-order valence-electron chi connectivity index (χ1n) is 4.41. The van der Waals surface area contributed by atoms with Crippen molar-refractivity contribution in [3.05, 3.63) is 30.0 Å². The maximum atomic E-state index is 5.88. The van der Waals surface area contributed by atoms with Crippen LogP contribution in [0, 0.1) is 0 Å². The minimum absolute atomic E-state index is 0.133.